The Balaban J connectivity index is 2.72. The molecule has 0 saturated carbocycles. The lowest BCUT2D eigenvalue weighted by Crippen LogP contribution is -2.33. The quantitative estimate of drug-likeness (QED) is 0.203. The van der Waals surface area contributed by atoms with Gasteiger partial charge in [0.1, 0.15) is 11.3 Å². The third kappa shape index (κ3) is 11.1. The first-order chi connectivity index (χ1) is 13.8. The standard InChI is InChI=1S/C21H39N2O5P/c1-7-10-11-12-13-14-15-19-22-18(23-28-19)16-17(20(24)27-21(4,5)6)29(25-8-2)26-9-3/h17H,7-16H2,1-6H3. The van der Waals surface area contributed by atoms with Gasteiger partial charge in [0.2, 0.25) is 5.89 Å². The second-order valence-electron chi connectivity index (χ2n) is 8.00. The molecule has 0 radical (unpaired) electrons. The molecule has 0 spiro atoms. The van der Waals surface area contributed by atoms with Crippen LogP contribution in [0.5, 0.6) is 0 Å². The Hall–Kier alpha value is -1.04. The zero-order valence-electron chi connectivity index (χ0n) is 19.0. The summed E-state index contributed by atoms with van der Waals surface area (Å²) >= 11 is 0. The van der Waals surface area contributed by atoms with Gasteiger partial charge < -0.3 is 18.3 Å². The van der Waals surface area contributed by atoms with Crippen molar-refractivity contribution in [1.29, 1.82) is 0 Å². The first-order valence-corrected chi connectivity index (χ1v) is 12.1. The molecule has 1 atom stereocenters. The van der Waals surface area contributed by atoms with Crippen molar-refractivity contribution in [3.05, 3.63) is 11.7 Å². The number of aryl methyl sites for hydroxylation is 1. The Morgan fingerprint density at radius 3 is 2.24 bits per heavy atom. The molecule has 168 valence electrons. The van der Waals surface area contributed by atoms with Crippen LogP contribution >= 0.6 is 8.38 Å². The van der Waals surface area contributed by atoms with Crippen molar-refractivity contribution in [3.8, 4) is 0 Å². The molecule has 0 amide bonds. The predicted octanol–water partition coefficient (Wildman–Crippen LogP) is 5.61. The number of carbonyl (C=O) groups is 1. The van der Waals surface area contributed by atoms with Crippen LogP contribution in [0.1, 0.15) is 91.8 Å². The van der Waals surface area contributed by atoms with E-state index in [-0.39, 0.29) is 12.4 Å². The van der Waals surface area contributed by atoms with Crippen molar-refractivity contribution in [1.82, 2.24) is 10.1 Å². The molecular weight excluding hydrogens is 391 g/mol. The maximum absolute atomic E-state index is 12.8. The fraction of sp³-hybridized carbons (Fsp3) is 0.857. The summed E-state index contributed by atoms with van der Waals surface area (Å²) in [5.74, 6) is 0.761. The van der Waals surface area contributed by atoms with Crippen LogP contribution in [0.2, 0.25) is 0 Å². The molecule has 0 bridgehead atoms. The minimum Gasteiger partial charge on any atom is -0.459 e. The average Bonchev–Trinajstić information content (AvgIpc) is 3.08. The number of nitrogens with zero attached hydrogens (tertiary/aromatic N) is 2. The number of hydrogen-bond donors (Lipinski definition) is 0. The van der Waals surface area contributed by atoms with Gasteiger partial charge in [0.25, 0.3) is 0 Å². The Morgan fingerprint density at radius 2 is 1.66 bits per heavy atom. The van der Waals surface area contributed by atoms with E-state index in [1.165, 1.54) is 25.7 Å². The van der Waals surface area contributed by atoms with Crippen molar-refractivity contribution in [2.24, 2.45) is 0 Å². The van der Waals surface area contributed by atoms with E-state index >= 15 is 0 Å². The van der Waals surface area contributed by atoms with Crippen LogP contribution < -0.4 is 0 Å². The molecule has 0 aliphatic heterocycles. The van der Waals surface area contributed by atoms with Crippen LogP contribution in [-0.2, 0) is 31.4 Å². The fourth-order valence-electron chi connectivity index (χ4n) is 2.79. The van der Waals surface area contributed by atoms with Crippen LogP contribution in [0.3, 0.4) is 0 Å². The molecule has 1 rings (SSSR count). The van der Waals surface area contributed by atoms with Crippen molar-refractivity contribution in [3.63, 3.8) is 0 Å². The summed E-state index contributed by atoms with van der Waals surface area (Å²) in [7, 11) is -1.45. The Morgan fingerprint density at radius 1 is 1.03 bits per heavy atom. The summed E-state index contributed by atoms with van der Waals surface area (Å²) < 4.78 is 22.4. The minimum atomic E-state index is -1.45. The Bertz CT molecular complexity index is 568. The number of hydrogen-bond acceptors (Lipinski definition) is 7. The highest BCUT2D eigenvalue weighted by Crippen LogP contribution is 2.45. The topological polar surface area (TPSA) is 83.7 Å². The number of rotatable bonds is 15. The van der Waals surface area contributed by atoms with Gasteiger partial charge in [-0.3, -0.25) is 4.79 Å². The van der Waals surface area contributed by atoms with E-state index in [1.54, 1.807) is 0 Å². The van der Waals surface area contributed by atoms with Crippen molar-refractivity contribution in [2.45, 2.75) is 104 Å². The summed E-state index contributed by atoms with van der Waals surface area (Å²) in [6.07, 6.45) is 8.30. The fourth-order valence-corrected chi connectivity index (χ4v) is 4.27. The van der Waals surface area contributed by atoms with E-state index in [4.69, 9.17) is 18.3 Å². The molecule has 1 unspecified atom stereocenters. The maximum atomic E-state index is 12.8. The van der Waals surface area contributed by atoms with Gasteiger partial charge >= 0.3 is 5.97 Å². The van der Waals surface area contributed by atoms with E-state index in [2.05, 4.69) is 17.1 Å². The highest BCUT2D eigenvalue weighted by atomic mass is 31.2. The monoisotopic (exact) mass is 430 g/mol. The molecule has 0 saturated heterocycles. The molecule has 1 aromatic rings. The summed E-state index contributed by atoms with van der Waals surface area (Å²) in [6.45, 7) is 12.4. The molecule has 1 heterocycles. The highest BCUT2D eigenvalue weighted by Gasteiger charge is 2.36. The normalized spacial score (nSPS) is 13.1. The Kier molecular flexibility index (Phi) is 12.6. The van der Waals surface area contributed by atoms with Gasteiger partial charge in [-0.2, -0.15) is 4.98 Å². The van der Waals surface area contributed by atoms with Gasteiger partial charge in [-0.1, -0.05) is 44.2 Å². The van der Waals surface area contributed by atoms with Crippen LogP contribution in [-0.4, -0.2) is 40.6 Å². The van der Waals surface area contributed by atoms with Gasteiger partial charge in [0.05, 0.1) is 13.2 Å². The zero-order valence-corrected chi connectivity index (χ0v) is 19.9. The largest absolute Gasteiger partial charge is 0.459 e. The first kappa shape index (κ1) is 26.0. The number of esters is 1. The molecule has 0 aliphatic carbocycles. The second-order valence-corrected chi connectivity index (χ2v) is 9.71. The van der Waals surface area contributed by atoms with Gasteiger partial charge in [0.15, 0.2) is 14.2 Å². The lowest BCUT2D eigenvalue weighted by atomic mass is 10.1. The lowest BCUT2D eigenvalue weighted by Gasteiger charge is -2.27. The van der Waals surface area contributed by atoms with Gasteiger partial charge in [0, 0.05) is 12.8 Å². The van der Waals surface area contributed by atoms with Crippen LogP contribution in [0.15, 0.2) is 4.52 Å². The molecule has 29 heavy (non-hydrogen) atoms. The molecule has 8 heteroatoms. The second kappa shape index (κ2) is 14.1. The summed E-state index contributed by atoms with van der Waals surface area (Å²) in [5, 5.41) is 4.07. The number of ether oxygens (including phenoxy) is 1. The predicted molar refractivity (Wildman–Crippen MR) is 115 cm³/mol. The van der Waals surface area contributed by atoms with Gasteiger partial charge in [-0.25, -0.2) is 0 Å². The number of unbranched alkanes of at least 4 members (excludes halogenated alkanes) is 5. The van der Waals surface area contributed by atoms with Gasteiger partial charge in [-0.15, -0.1) is 0 Å². The molecule has 0 N–H and O–H groups in total. The first-order valence-electron chi connectivity index (χ1n) is 10.9. The maximum Gasteiger partial charge on any atom is 0.319 e. The Labute approximate surface area is 177 Å². The summed E-state index contributed by atoms with van der Waals surface area (Å²) in [5.41, 5.74) is -1.18. The van der Waals surface area contributed by atoms with Crippen LogP contribution in [0, 0.1) is 0 Å². The average molecular weight is 431 g/mol. The van der Waals surface area contributed by atoms with E-state index < -0.39 is 19.6 Å². The number of aromatic nitrogens is 2. The SMILES string of the molecule is CCCCCCCCc1nc(CC(C(=O)OC(C)(C)C)P(OCC)OCC)no1. The summed E-state index contributed by atoms with van der Waals surface area (Å²) in [4.78, 5) is 17.3. The smallest absolute Gasteiger partial charge is 0.319 e. The van der Waals surface area contributed by atoms with Crippen molar-refractivity contribution >= 4 is 14.3 Å². The van der Waals surface area contributed by atoms with Crippen molar-refractivity contribution in [2.75, 3.05) is 13.2 Å². The minimum absolute atomic E-state index is 0.278. The van der Waals surface area contributed by atoms with Crippen LogP contribution in [0.4, 0.5) is 0 Å². The van der Waals surface area contributed by atoms with E-state index in [9.17, 15) is 4.79 Å². The molecule has 0 aliphatic rings. The molecule has 0 aromatic carbocycles. The van der Waals surface area contributed by atoms with Crippen LogP contribution in [0.25, 0.3) is 0 Å². The summed E-state index contributed by atoms with van der Waals surface area (Å²) in [6, 6.07) is 0. The molecular formula is C21H39N2O5P. The number of carbonyl (C=O) groups excluding carboxylic acids is 1. The molecule has 7 nitrogen and oxygen atoms in total. The molecule has 0 fully saturated rings. The van der Waals surface area contributed by atoms with E-state index in [0.717, 1.165) is 19.3 Å². The third-order valence-corrected chi connectivity index (χ3v) is 6.00. The highest BCUT2D eigenvalue weighted by molar-refractivity contribution is 7.49. The van der Waals surface area contributed by atoms with Gasteiger partial charge in [-0.05, 0) is 41.0 Å². The van der Waals surface area contributed by atoms with E-state index in [0.29, 0.717) is 24.9 Å². The lowest BCUT2D eigenvalue weighted by molar-refractivity contribution is -0.154. The van der Waals surface area contributed by atoms with E-state index in [1.807, 2.05) is 34.6 Å². The third-order valence-electron chi connectivity index (χ3n) is 4.08. The molecule has 1 aromatic heterocycles. The van der Waals surface area contributed by atoms with Crippen molar-refractivity contribution < 1.29 is 23.1 Å². The zero-order chi connectivity index (χ0) is 21.7.